The fourth-order valence-corrected chi connectivity index (χ4v) is 9.76. The van der Waals surface area contributed by atoms with Gasteiger partial charge in [-0.15, -0.1) is 11.3 Å². The number of nitrogens with zero attached hydrogens (tertiary/aromatic N) is 4. The molecule has 5 heterocycles. The van der Waals surface area contributed by atoms with E-state index in [0.29, 0.717) is 39.8 Å². The number of fused-ring (bicyclic) bond motifs is 4. The van der Waals surface area contributed by atoms with E-state index in [2.05, 4.69) is 25.8 Å². The Morgan fingerprint density at radius 1 is 1.13 bits per heavy atom. The van der Waals surface area contributed by atoms with Crippen LogP contribution in [0.3, 0.4) is 0 Å². The average molecular weight is 976 g/mol. The number of pyridine rings is 1. The lowest BCUT2D eigenvalue weighted by Gasteiger charge is -2.47. The molecule has 0 unspecified atom stereocenters. The number of thiazole rings is 1. The number of amides is 2. The van der Waals surface area contributed by atoms with Gasteiger partial charge in [-0.25, -0.2) is 14.2 Å². The topological polar surface area (TPSA) is 256 Å². The lowest BCUT2D eigenvalue weighted by molar-refractivity contribution is -0.296. The lowest BCUT2D eigenvalue weighted by Crippen LogP contribution is -2.61. The minimum absolute atomic E-state index is 0.00947. The Labute approximate surface area is 401 Å². The van der Waals surface area contributed by atoms with Crippen molar-refractivity contribution in [2.75, 3.05) is 32.6 Å². The number of anilines is 1. The second kappa shape index (κ2) is 22.6. The van der Waals surface area contributed by atoms with E-state index in [1.165, 1.54) is 25.2 Å². The standard InChI is InChI=1S/C47H70FN7O12S/c1-13-33-47(10,61)40-26(5)36(53-35(56)14-2)24(3)18-45(8,39(27(6)38(58)46(9,48)44(60)66-33)67-43-37(57)32(55(11)12)17-25(4)65-43)63-21-31(20-62-40)54-64-22-30-16-15-29(19-50-30)42-52-34(23-68-42)51-41(59)28(7)49/h15-16,19,23-25,27-28,32-33,37,39-40,43,57,61H,13-14,17-18,20-22,49H2,1-12H3,(H,51,59)(H,53,56)/t24-,25-,27+,28+,32+,33-,37-,39-,40-,43+,45-,46+,47-/m1/s1. The number of rotatable bonds is 12. The number of ketones is 1. The summed E-state index contributed by atoms with van der Waals surface area (Å²) in [5.41, 5.74) is 0.801. The van der Waals surface area contributed by atoms with Gasteiger partial charge in [-0.1, -0.05) is 32.9 Å². The SMILES string of the molecule is CCC(=O)NC1=C(C)[C@H]2OCC(=NOCc3ccc(-c4nc(NC(=O)[C@H](C)N)cs4)cn3)CO[C@](C)(C[C@H]1C)[C@H](O[C@@H]1O[C@H](C)C[C@H](N(C)C)[C@H]1O)[C@@H](C)C(=O)[C@](C)(F)C(=O)O[C@H](CC)[C@@]2(C)O. The second-order valence-electron chi connectivity index (χ2n) is 19.0. The molecule has 1 fully saturated rings. The zero-order chi connectivity index (χ0) is 50.5. The molecule has 0 spiro atoms. The summed E-state index contributed by atoms with van der Waals surface area (Å²) in [5.74, 6) is -5.16. The Bertz CT molecular complexity index is 2170. The zero-order valence-corrected chi connectivity index (χ0v) is 42.0. The first-order valence-corrected chi connectivity index (χ1v) is 23.9. The summed E-state index contributed by atoms with van der Waals surface area (Å²) in [6, 6.07) is 2.39. The van der Waals surface area contributed by atoms with Gasteiger partial charge in [0.15, 0.2) is 18.7 Å². The number of hydrogen-bond donors (Lipinski definition) is 5. The maximum absolute atomic E-state index is 17.0. The summed E-state index contributed by atoms with van der Waals surface area (Å²) in [7, 11) is 3.62. The molecule has 0 aromatic carbocycles. The molecule has 68 heavy (non-hydrogen) atoms. The molecule has 2 bridgehead atoms. The van der Waals surface area contributed by atoms with Crippen LogP contribution in [0, 0.1) is 11.8 Å². The van der Waals surface area contributed by atoms with Crippen LogP contribution in [-0.2, 0) is 54.3 Å². The predicted molar refractivity (Wildman–Crippen MR) is 251 cm³/mol. The van der Waals surface area contributed by atoms with Crippen LogP contribution in [0.2, 0.25) is 0 Å². The normalized spacial score (nSPS) is 34.4. The van der Waals surface area contributed by atoms with Crippen molar-refractivity contribution < 1.29 is 62.3 Å². The quantitative estimate of drug-likeness (QED) is 0.114. The summed E-state index contributed by atoms with van der Waals surface area (Å²) in [6.45, 7) is 14.7. The first kappa shape index (κ1) is 54.6. The van der Waals surface area contributed by atoms with Crippen molar-refractivity contribution in [3.63, 3.8) is 0 Å². The van der Waals surface area contributed by atoms with Crippen molar-refractivity contribution in [3.8, 4) is 10.6 Å². The maximum Gasteiger partial charge on any atom is 0.351 e. The number of hydrogen-bond acceptors (Lipinski definition) is 18. The molecule has 6 N–H and O–H groups in total. The lowest BCUT2D eigenvalue weighted by atomic mass is 9.76. The van der Waals surface area contributed by atoms with Crippen molar-refractivity contribution in [3.05, 3.63) is 40.7 Å². The molecular formula is C47H70FN7O12S. The van der Waals surface area contributed by atoms with Crippen LogP contribution in [-0.4, -0.2) is 147 Å². The van der Waals surface area contributed by atoms with E-state index in [1.807, 2.05) is 32.8 Å². The van der Waals surface area contributed by atoms with Crippen LogP contribution < -0.4 is 16.4 Å². The fraction of sp³-hybridized carbons (Fsp3) is 0.681. The van der Waals surface area contributed by atoms with Crippen molar-refractivity contribution >= 4 is 46.4 Å². The summed E-state index contributed by atoms with van der Waals surface area (Å²) in [4.78, 5) is 70.5. The van der Waals surface area contributed by atoms with Crippen LogP contribution in [0.5, 0.6) is 0 Å². The van der Waals surface area contributed by atoms with Gasteiger partial charge in [-0.2, -0.15) is 0 Å². The van der Waals surface area contributed by atoms with Gasteiger partial charge in [-0.3, -0.25) is 19.4 Å². The number of likely N-dealkylation sites (N-methyl/N-ethyl adjacent to an activating group) is 1. The highest BCUT2D eigenvalue weighted by molar-refractivity contribution is 7.13. The number of oxime groups is 1. The van der Waals surface area contributed by atoms with Crippen LogP contribution in [0.1, 0.15) is 101 Å². The summed E-state index contributed by atoms with van der Waals surface area (Å²) in [6.07, 6.45) is -5.04. The number of nitrogens with two attached hydrogens (primary N) is 1. The first-order chi connectivity index (χ1) is 31.8. The monoisotopic (exact) mass is 975 g/mol. The van der Waals surface area contributed by atoms with E-state index < -0.39 is 89.4 Å². The third-order valence-corrected chi connectivity index (χ3v) is 13.8. The number of carbonyl (C=O) groups excluding carboxylic acids is 4. The van der Waals surface area contributed by atoms with E-state index >= 15 is 4.39 Å². The van der Waals surface area contributed by atoms with E-state index in [4.69, 9.17) is 34.3 Å². The molecule has 2 aromatic rings. The van der Waals surface area contributed by atoms with Crippen LogP contribution in [0.25, 0.3) is 10.6 Å². The van der Waals surface area contributed by atoms with E-state index in [-0.39, 0.29) is 56.6 Å². The van der Waals surface area contributed by atoms with E-state index in [1.54, 1.807) is 58.3 Å². The Morgan fingerprint density at radius 2 is 1.84 bits per heavy atom. The van der Waals surface area contributed by atoms with Gasteiger partial charge in [0.05, 0.1) is 42.8 Å². The fourth-order valence-electron chi connectivity index (χ4n) is 9.02. The number of ether oxygens (including phenoxy) is 5. The van der Waals surface area contributed by atoms with Gasteiger partial charge in [0.2, 0.25) is 11.8 Å². The number of carbonyl (C=O) groups is 4. The molecule has 0 radical (unpaired) electrons. The molecular weight excluding hydrogens is 906 g/mol. The van der Waals surface area contributed by atoms with Crippen LogP contribution >= 0.6 is 11.3 Å². The largest absolute Gasteiger partial charge is 0.457 e. The molecule has 1 saturated heterocycles. The molecule has 2 aromatic heterocycles. The van der Waals surface area contributed by atoms with Gasteiger partial charge < -0.3 is 60.0 Å². The van der Waals surface area contributed by atoms with Gasteiger partial charge in [0.1, 0.15) is 40.5 Å². The minimum atomic E-state index is -3.24. The van der Waals surface area contributed by atoms with Crippen LogP contribution in [0.4, 0.5) is 10.2 Å². The Morgan fingerprint density at radius 3 is 2.46 bits per heavy atom. The van der Waals surface area contributed by atoms with Crippen molar-refractivity contribution in [1.29, 1.82) is 0 Å². The number of aromatic nitrogens is 2. The first-order valence-electron chi connectivity index (χ1n) is 23.1. The molecule has 19 nitrogen and oxygen atoms in total. The Hall–Kier alpha value is -4.32. The third-order valence-electron chi connectivity index (χ3n) is 12.9. The number of halogens is 1. The third kappa shape index (κ3) is 12.5. The molecule has 13 atom stereocenters. The molecule has 0 aliphatic carbocycles. The number of alkyl halides is 1. The van der Waals surface area contributed by atoms with Gasteiger partial charge in [-0.05, 0) is 98.5 Å². The number of aliphatic hydroxyl groups is 2. The molecule has 3 aliphatic rings. The number of Topliss-reactive ketones (excluding diaryl/α,β-unsaturated/α-hetero) is 1. The number of nitrogens with one attached hydrogen (secondary N) is 2. The van der Waals surface area contributed by atoms with Gasteiger partial charge in [0.25, 0.3) is 5.67 Å². The van der Waals surface area contributed by atoms with E-state index in [0.717, 1.165) is 6.92 Å². The van der Waals surface area contributed by atoms with Crippen LogP contribution in [0.15, 0.2) is 40.1 Å². The summed E-state index contributed by atoms with van der Waals surface area (Å²) >= 11 is 1.32. The zero-order valence-electron chi connectivity index (χ0n) is 41.2. The smallest absolute Gasteiger partial charge is 0.351 e. The number of esters is 1. The minimum Gasteiger partial charge on any atom is -0.457 e. The molecule has 2 amide bonds. The Balaban J connectivity index is 1.61. The molecule has 378 valence electrons. The van der Waals surface area contributed by atoms with Crippen molar-refractivity contribution in [2.24, 2.45) is 22.7 Å². The average Bonchev–Trinajstić information content (AvgIpc) is 3.75. The van der Waals surface area contributed by atoms with Gasteiger partial charge in [0, 0.05) is 41.2 Å². The number of allylic oxidation sites excluding steroid dienone is 1. The highest BCUT2D eigenvalue weighted by Crippen LogP contribution is 2.41. The Kier molecular flexibility index (Phi) is 18.2. The molecule has 0 saturated carbocycles. The summed E-state index contributed by atoms with van der Waals surface area (Å²) < 4.78 is 49.0. The molecule has 21 heteroatoms. The van der Waals surface area contributed by atoms with Crippen molar-refractivity contribution in [2.45, 2.75) is 167 Å². The number of aliphatic hydroxyl groups excluding tert-OH is 1. The molecule has 5 rings (SSSR count). The van der Waals surface area contributed by atoms with Gasteiger partial charge >= 0.3 is 5.97 Å². The maximum atomic E-state index is 17.0. The van der Waals surface area contributed by atoms with E-state index in [9.17, 15) is 29.4 Å². The predicted octanol–water partition coefficient (Wildman–Crippen LogP) is 4.19. The second-order valence-corrected chi connectivity index (χ2v) is 19.9. The summed E-state index contributed by atoms with van der Waals surface area (Å²) in [5, 5.41) is 36.6. The number of cyclic esters (lactones) is 1. The highest BCUT2D eigenvalue weighted by atomic mass is 32.1. The molecule has 3 aliphatic heterocycles. The van der Waals surface area contributed by atoms with Crippen molar-refractivity contribution in [1.82, 2.24) is 20.2 Å². The highest BCUT2D eigenvalue weighted by Gasteiger charge is 2.56.